The van der Waals surface area contributed by atoms with Gasteiger partial charge in [0, 0.05) is 24.3 Å². The summed E-state index contributed by atoms with van der Waals surface area (Å²) in [5, 5.41) is 3.19. The topological polar surface area (TPSA) is 61.0 Å². The van der Waals surface area contributed by atoms with E-state index in [2.05, 4.69) is 27.1 Å². The minimum absolute atomic E-state index is 0.108. The van der Waals surface area contributed by atoms with Crippen molar-refractivity contribution in [2.24, 2.45) is 5.92 Å². The number of pyridine rings is 1. The Kier molecular flexibility index (Phi) is 3.84. The van der Waals surface area contributed by atoms with E-state index in [1.165, 1.54) is 18.3 Å². The Morgan fingerprint density at radius 3 is 2.83 bits per heavy atom. The van der Waals surface area contributed by atoms with E-state index in [9.17, 15) is 9.18 Å². The van der Waals surface area contributed by atoms with E-state index < -0.39 is 0 Å². The van der Waals surface area contributed by atoms with Crippen molar-refractivity contribution in [2.75, 3.05) is 13.1 Å². The first-order valence-electron chi connectivity index (χ1n) is 8.47. The van der Waals surface area contributed by atoms with Gasteiger partial charge in [-0.25, -0.2) is 4.39 Å². The highest BCUT2D eigenvalue weighted by atomic mass is 19.1. The van der Waals surface area contributed by atoms with Gasteiger partial charge < -0.3 is 10.3 Å². The van der Waals surface area contributed by atoms with Gasteiger partial charge in [-0.3, -0.25) is 14.7 Å². The largest absolute Gasteiger partial charge is 0.349 e. The highest BCUT2D eigenvalue weighted by Crippen LogP contribution is 2.32. The predicted octanol–water partition coefficient (Wildman–Crippen LogP) is 2.43. The smallest absolute Gasteiger partial charge is 0.267 e. The molecule has 2 bridgehead atoms. The lowest BCUT2D eigenvalue weighted by molar-refractivity contribution is 0.0216. The molecule has 5 rings (SSSR count). The number of nitrogens with one attached hydrogen (secondary N) is 2. The second kappa shape index (κ2) is 6.02. The zero-order valence-electron chi connectivity index (χ0n) is 13.6. The number of rotatable bonds is 3. The summed E-state index contributed by atoms with van der Waals surface area (Å²) >= 11 is 0. The van der Waals surface area contributed by atoms with Gasteiger partial charge in [-0.1, -0.05) is 0 Å². The van der Waals surface area contributed by atoms with Gasteiger partial charge in [0.25, 0.3) is 5.91 Å². The molecule has 0 spiro atoms. The number of fused-ring (bicyclic) bond motifs is 3. The van der Waals surface area contributed by atoms with Crippen molar-refractivity contribution in [1.82, 2.24) is 20.2 Å². The van der Waals surface area contributed by atoms with E-state index in [4.69, 9.17) is 0 Å². The first-order chi connectivity index (χ1) is 11.6. The standard InChI is InChI=1S/C18H21FN4O/c1-11-17(12-5-8-23(11)9-6-12)22-18(24)15-3-2-14(21-15)16-10-13(19)4-7-20-16/h2-4,7,10-12,17,21H,5-6,8-9H2,1H3,(H,22,24)/t11-,17-/m0/s1. The predicted molar refractivity (Wildman–Crippen MR) is 89.0 cm³/mol. The molecular weight excluding hydrogens is 307 g/mol. The van der Waals surface area contributed by atoms with Crippen LogP contribution >= 0.6 is 0 Å². The summed E-state index contributed by atoms with van der Waals surface area (Å²) in [5.41, 5.74) is 1.62. The second-order valence-corrected chi connectivity index (χ2v) is 6.76. The summed E-state index contributed by atoms with van der Waals surface area (Å²) in [7, 11) is 0. The van der Waals surface area contributed by atoms with Crippen LogP contribution in [0.2, 0.25) is 0 Å². The fourth-order valence-corrected chi connectivity index (χ4v) is 4.00. The van der Waals surface area contributed by atoms with Crippen LogP contribution in [-0.4, -0.2) is 45.9 Å². The Balaban J connectivity index is 1.49. The number of nitrogens with zero attached hydrogens (tertiary/aromatic N) is 2. The van der Waals surface area contributed by atoms with Crippen molar-refractivity contribution < 1.29 is 9.18 Å². The Bertz CT molecular complexity index is 749. The molecule has 5 heterocycles. The van der Waals surface area contributed by atoms with Crippen LogP contribution < -0.4 is 5.32 Å². The van der Waals surface area contributed by atoms with E-state index in [0.29, 0.717) is 29.0 Å². The van der Waals surface area contributed by atoms with E-state index in [-0.39, 0.29) is 17.8 Å². The summed E-state index contributed by atoms with van der Waals surface area (Å²) < 4.78 is 13.3. The molecule has 6 heteroatoms. The zero-order valence-corrected chi connectivity index (χ0v) is 13.6. The lowest BCUT2D eigenvalue weighted by Gasteiger charge is -2.49. The van der Waals surface area contributed by atoms with Gasteiger partial charge in [-0.05, 0) is 57.0 Å². The molecule has 3 saturated heterocycles. The summed E-state index contributed by atoms with van der Waals surface area (Å²) in [4.78, 5) is 22.2. The van der Waals surface area contributed by atoms with Crippen LogP contribution in [0.3, 0.4) is 0 Å². The Morgan fingerprint density at radius 2 is 2.12 bits per heavy atom. The lowest BCUT2D eigenvalue weighted by atomic mass is 9.79. The molecule has 5 nitrogen and oxygen atoms in total. The molecular formula is C18H21FN4O. The van der Waals surface area contributed by atoms with Crippen LogP contribution in [0.5, 0.6) is 0 Å². The molecule has 3 fully saturated rings. The van der Waals surface area contributed by atoms with Crippen molar-refractivity contribution in [2.45, 2.75) is 31.8 Å². The number of aromatic amines is 1. The van der Waals surface area contributed by atoms with Gasteiger partial charge in [-0.15, -0.1) is 0 Å². The molecule has 3 aliphatic rings. The molecule has 0 aliphatic carbocycles. The number of hydrogen-bond donors (Lipinski definition) is 2. The van der Waals surface area contributed by atoms with E-state index in [0.717, 1.165) is 25.9 Å². The number of carbonyl (C=O) groups is 1. The van der Waals surface area contributed by atoms with E-state index in [1.807, 2.05) is 0 Å². The van der Waals surface area contributed by atoms with Crippen LogP contribution in [0.25, 0.3) is 11.4 Å². The SMILES string of the molecule is C[C@H]1[C@H](NC(=O)c2ccc(-c3cc(F)ccn3)[nH]2)C2CCN1CC2. The van der Waals surface area contributed by atoms with Crippen molar-refractivity contribution >= 4 is 5.91 Å². The van der Waals surface area contributed by atoms with Crippen molar-refractivity contribution in [3.63, 3.8) is 0 Å². The van der Waals surface area contributed by atoms with Crippen molar-refractivity contribution in [3.05, 3.63) is 42.0 Å². The Labute approximate surface area is 140 Å². The van der Waals surface area contributed by atoms with Crippen molar-refractivity contribution in [1.29, 1.82) is 0 Å². The maximum absolute atomic E-state index is 13.3. The molecule has 0 radical (unpaired) electrons. The summed E-state index contributed by atoms with van der Waals surface area (Å²) in [6, 6.07) is 6.71. The number of aromatic nitrogens is 2. The number of hydrogen-bond acceptors (Lipinski definition) is 3. The molecule has 2 aromatic rings. The first kappa shape index (κ1) is 15.3. The summed E-state index contributed by atoms with van der Waals surface area (Å²) in [5.74, 6) is 0.109. The Morgan fingerprint density at radius 1 is 1.33 bits per heavy atom. The van der Waals surface area contributed by atoms with Gasteiger partial charge >= 0.3 is 0 Å². The third-order valence-corrected chi connectivity index (χ3v) is 5.40. The first-order valence-corrected chi connectivity index (χ1v) is 8.47. The summed E-state index contributed by atoms with van der Waals surface area (Å²) in [6.07, 6.45) is 3.72. The third kappa shape index (κ3) is 2.71. The van der Waals surface area contributed by atoms with Crippen LogP contribution in [0, 0.1) is 11.7 Å². The Hall–Kier alpha value is -2.21. The minimum atomic E-state index is -0.346. The molecule has 0 aromatic carbocycles. The quantitative estimate of drug-likeness (QED) is 0.910. The molecule has 2 N–H and O–H groups in total. The number of carbonyl (C=O) groups excluding carboxylic acids is 1. The molecule has 0 saturated carbocycles. The molecule has 2 atom stereocenters. The highest BCUT2D eigenvalue weighted by molar-refractivity contribution is 5.93. The fourth-order valence-electron chi connectivity index (χ4n) is 4.00. The lowest BCUT2D eigenvalue weighted by Crippen LogP contribution is -2.62. The van der Waals surface area contributed by atoms with Gasteiger partial charge in [-0.2, -0.15) is 0 Å². The maximum atomic E-state index is 13.3. The average molecular weight is 328 g/mol. The number of H-pyrrole nitrogens is 1. The van der Waals surface area contributed by atoms with E-state index >= 15 is 0 Å². The van der Waals surface area contributed by atoms with Crippen LogP contribution in [0.4, 0.5) is 4.39 Å². The number of piperidine rings is 3. The molecule has 126 valence electrons. The number of amides is 1. The van der Waals surface area contributed by atoms with Gasteiger partial charge in [0.15, 0.2) is 0 Å². The molecule has 1 amide bonds. The normalized spacial score (nSPS) is 28.8. The molecule has 24 heavy (non-hydrogen) atoms. The third-order valence-electron chi connectivity index (χ3n) is 5.40. The minimum Gasteiger partial charge on any atom is -0.349 e. The zero-order chi connectivity index (χ0) is 16.7. The number of halogens is 1. The van der Waals surface area contributed by atoms with Crippen LogP contribution in [0.1, 0.15) is 30.3 Å². The average Bonchev–Trinajstić information content (AvgIpc) is 3.09. The monoisotopic (exact) mass is 328 g/mol. The van der Waals surface area contributed by atoms with Crippen LogP contribution in [0.15, 0.2) is 30.5 Å². The molecule has 0 unspecified atom stereocenters. The second-order valence-electron chi connectivity index (χ2n) is 6.76. The van der Waals surface area contributed by atoms with Crippen LogP contribution in [-0.2, 0) is 0 Å². The van der Waals surface area contributed by atoms with Gasteiger partial charge in [0.1, 0.15) is 11.5 Å². The molecule has 3 aliphatic heterocycles. The van der Waals surface area contributed by atoms with E-state index in [1.54, 1.807) is 12.1 Å². The van der Waals surface area contributed by atoms with Gasteiger partial charge in [0.05, 0.1) is 11.4 Å². The maximum Gasteiger partial charge on any atom is 0.267 e. The summed E-state index contributed by atoms with van der Waals surface area (Å²) in [6.45, 7) is 4.46. The van der Waals surface area contributed by atoms with Gasteiger partial charge in [0.2, 0.25) is 0 Å². The fraction of sp³-hybridized carbons (Fsp3) is 0.444. The molecule has 2 aromatic heterocycles. The highest BCUT2D eigenvalue weighted by Gasteiger charge is 2.40. The van der Waals surface area contributed by atoms with Crippen molar-refractivity contribution in [3.8, 4) is 11.4 Å².